The second-order valence-electron chi connectivity index (χ2n) is 3.23. The van der Waals surface area contributed by atoms with Gasteiger partial charge in [-0.05, 0) is 13.3 Å². The van der Waals surface area contributed by atoms with Crippen molar-refractivity contribution in [2.75, 3.05) is 13.2 Å². The molecular weight excluding hydrogens is 232 g/mol. The number of halogens is 1. The van der Waals surface area contributed by atoms with Gasteiger partial charge in [0.15, 0.2) is 0 Å². The monoisotopic (exact) mass is 246 g/mol. The molecule has 0 saturated heterocycles. The van der Waals surface area contributed by atoms with Gasteiger partial charge in [0.2, 0.25) is 0 Å². The van der Waals surface area contributed by atoms with Crippen LogP contribution in [0.2, 0.25) is 5.15 Å². The molecule has 90 valence electrons. The largest absolute Gasteiger partial charge is 0.380 e. The van der Waals surface area contributed by atoms with Gasteiger partial charge in [-0.1, -0.05) is 18.5 Å². The van der Waals surface area contributed by atoms with Crippen LogP contribution in [0.25, 0.3) is 0 Å². The van der Waals surface area contributed by atoms with E-state index in [1.54, 1.807) is 0 Å². The fourth-order valence-electron chi connectivity index (χ4n) is 1.40. The van der Waals surface area contributed by atoms with Crippen LogP contribution in [-0.4, -0.2) is 22.8 Å². The van der Waals surface area contributed by atoms with E-state index in [-0.39, 0.29) is 17.3 Å². The van der Waals surface area contributed by atoms with Gasteiger partial charge in [-0.25, -0.2) is 4.79 Å². The van der Waals surface area contributed by atoms with Crippen LogP contribution in [-0.2, 0) is 17.7 Å². The van der Waals surface area contributed by atoms with Crippen LogP contribution >= 0.6 is 11.6 Å². The lowest BCUT2D eigenvalue weighted by Crippen LogP contribution is -2.38. The van der Waals surface area contributed by atoms with Crippen LogP contribution in [0.1, 0.15) is 19.4 Å². The standard InChI is InChI=1S/C10H15ClN2O3/c1-3-7-8(11)12-10(15)13(9(7)14)5-6-16-4-2/h3-6H2,1-2H3,(H,12,15). The van der Waals surface area contributed by atoms with Crippen molar-refractivity contribution in [2.24, 2.45) is 0 Å². The third kappa shape index (κ3) is 2.74. The Morgan fingerprint density at radius 2 is 2.06 bits per heavy atom. The number of aromatic amines is 1. The van der Waals surface area contributed by atoms with Gasteiger partial charge in [-0.3, -0.25) is 14.3 Å². The normalized spacial score (nSPS) is 10.7. The molecule has 6 heteroatoms. The van der Waals surface area contributed by atoms with Gasteiger partial charge in [-0.2, -0.15) is 0 Å². The van der Waals surface area contributed by atoms with Crippen molar-refractivity contribution in [3.05, 3.63) is 31.6 Å². The zero-order valence-corrected chi connectivity index (χ0v) is 10.1. The minimum atomic E-state index is -0.494. The summed E-state index contributed by atoms with van der Waals surface area (Å²) in [4.78, 5) is 25.8. The Morgan fingerprint density at radius 1 is 1.38 bits per heavy atom. The van der Waals surface area contributed by atoms with E-state index in [2.05, 4.69) is 4.98 Å². The van der Waals surface area contributed by atoms with Gasteiger partial charge in [0.25, 0.3) is 5.56 Å². The van der Waals surface area contributed by atoms with Crippen molar-refractivity contribution in [2.45, 2.75) is 26.8 Å². The van der Waals surface area contributed by atoms with Gasteiger partial charge in [0, 0.05) is 6.61 Å². The number of nitrogens with one attached hydrogen (secondary N) is 1. The molecule has 0 aliphatic rings. The molecule has 1 rings (SSSR count). The van der Waals surface area contributed by atoms with E-state index in [1.165, 1.54) is 0 Å². The number of H-pyrrole nitrogens is 1. The molecule has 5 nitrogen and oxygen atoms in total. The lowest BCUT2D eigenvalue weighted by atomic mass is 10.2. The van der Waals surface area contributed by atoms with E-state index < -0.39 is 5.69 Å². The highest BCUT2D eigenvalue weighted by Crippen LogP contribution is 2.05. The van der Waals surface area contributed by atoms with Crippen LogP contribution in [0.5, 0.6) is 0 Å². The molecule has 0 atom stereocenters. The van der Waals surface area contributed by atoms with Crippen molar-refractivity contribution >= 4 is 11.6 Å². The lowest BCUT2D eigenvalue weighted by molar-refractivity contribution is 0.137. The molecule has 1 aromatic heterocycles. The number of hydrogen-bond donors (Lipinski definition) is 1. The molecular formula is C10H15ClN2O3. The molecule has 0 spiro atoms. The number of rotatable bonds is 5. The van der Waals surface area contributed by atoms with Crippen LogP contribution < -0.4 is 11.2 Å². The first-order valence-corrected chi connectivity index (χ1v) is 5.58. The first kappa shape index (κ1) is 13.0. The fraction of sp³-hybridized carbons (Fsp3) is 0.600. The highest BCUT2D eigenvalue weighted by molar-refractivity contribution is 6.30. The minimum absolute atomic E-state index is 0.130. The lowest BCUT2D eigenvalue weighted by Gasteiger charge is -2.07. The van der Waals surface area contributed by atoms with Crippen LogP contribution in [0.15, 0.2) is 9.59 Å². The summed E-state index contributed by atoms with van der Waals surface area (Å²) >= 11 is 5.77. The Hall–Kier alpha value is -1.07. The van der Waals surface area contributed by atoms with Gasteiger partial charge >= 0.3 is 5.69 Å². The fourth-order valence-corrected chi connectivity index (χ4v) is 1.69. The van der Waals surface area contributed by atoms with Crippen molar-refractivity contribution in [1.29, 1.82) is 0 Å². The van der Waals surface area contributed by atoms with Gasteiger partial charge in [0.05, 0.1) is 18.7 Å². The number of hydrogen-bond acceptors (Lipinski definition) is 3. The molecule has 1 aromatic rings. The molecule has 0 radical (unpaired) electrons. The molecule has 0 aliphatic heterocycles. The molecule has 1 N–H and O–H groups in total. The van der Waals surface area contributed by atoms with Crippen molar-refractivity contribution in [1.82, 2.24) is 9.55 Å². The first-order valence-electron chi connectivity index (χ1n) is 5.21. The summed E-state index contributed by atoms with van der Waals surface area (Å²) < 4.78 is 6.22. The van der Waals surface area contributed by atoms with Crippen LogP contribution in [0.4, 0.5) is 0 Å². The molecule has 0 aromatic carbocycles. The second-order valence-corrected chi connectivity index (χ2v) is 3.61. The second kappa shape index (κ2) is 5.86. The predicted molar refractivity (Wildman–Crippen MR) is 62.2 cm³/mol. The molecule has 0 saturated carbocycles. The number of nitrogens with zero attached hydrogens (tertiary/aromatic N) is 1. The zero-order valence-electron chi connectivity index (χ0n) is 9.38. The van der Waals surface area contributed by atoms with Crippen LogP contribution in [0.3, 0.4) is 0 Å². The van der Waals surface area contributed by atoms with Crippen molar-refractivity contribution in [3.8, 4) is 0 Å². The Morgan fingerprint density at radius 3 is 2.62 bits per heavy atom. The summed E-state index contributed by atoms with van der Waals surface area (Å²) in [6, 6.07) is 0. The molecule has 0 amide bonds. The highest BCUT2D eigenvalue weighted by atomic mass is 35.5. The first-order chi connectivity index (χ1) is 7.61. The summed E-state index contributed by atoms with van der Waals surface area (Å²) in [5, 5.41) is 0.130. The quantitative estimate of drug-likeness (QED) is 0.617. The maximum atomic E-state index is 11.8. The Balaban J connectivity index is 3.09. The molecule has 0 bridgehead atoms. The van der Waals surface area contributed by atoms with Gasteiger partial charge < -0.3 is 4.74 Å². The molecule has 0 fully saturated rings. The van der Waals surface area contributed by atoms with Gasteiger partial charge in [-0.15, -0.1) is 0 Å². The minimum Gasteiger partial charge on any atom is -0.380 e. The topological polar surface area (TPSA) is 64.1 Å². The summed E-state index contributed by atoms with van der Waals surface area (Å²) in [7, 11) is 0. The van der Waals surface area contributed by atoms with Crippen LogP contribution in [0, 0.1) is 0 Å². The highest BCUT2D eigenvalue weighted by Gasteiger charge is 2.10. The van der Waals surface area contributed by atoms with E-state index in [0.29, 0.717) is 25.2 Å². The van der Waals surface area contributed by atoms with E-state index in [1.807, 2.05) is 13.8 Å². The number of ether oxygens (including phenoxy) is 1. The maximum Gasteiger partial charge on any atom is 0.329 e. The van der Waals surface area contributed by atoms with E-state index in [4.69, 9.17) is 16.3 Å². The Labute approximate surface area is 98.0 Å². The summed E-state index contributed by atoms with van der Waals surface area (Å²) in [6.07, 6.45) is 0.489. The Bertz CT molecular complexity index is 464. The van der Waals surface area contributed by atoms with E-state index >= 15 is 0 Å². The molecule has 0 aliphatic carbocycles. The SMILES string of the molecule is CCOCCn1c(=O)[nH]c(Cl)c(CC)c1=O. The summed E-state index contributed by atoms with van der Waals surface area (Å²) in [5.41, 5.74) is -0.402. The third-order valence-corrected chi connectivity index (χ3v) is 2.57. The average Bonchev–Trinajstić information content (AvgIpc) is 2.23. The summed E-state index contributed by atoms with van der Waals surface area (Å²) in [6.45, 7) is 4.80. The summed E-state index contributed by atoms with van der Waals surface area (Å²) in [5.74, 6) is 0. The molecule has 16 heavy (non-hydrogen) atoms. The third-order valence-electron chi connectivity index (χ3n) is 2.25. The molecule has 0 unspecified atom stereocenters. The average molecular weight is 247 g/mol. The Kier molecular flexibility index (Phi) is 4.76. The predicted octanol–water partition coefficient (Wildman–Crippen LogP) is 0.789. The van der Waals surface area contributed by atoms with E-state index in [0.717, 1.165) is 4.57 Å². The van der Waals surface area contributed by atoms with E-state index in [9.17, 15) is 9.59 Å². The van der Waals surface area contributed by atoms with Crippen molar-refractivity contribution in [3.63, 3.8) is 0 Å². The van der Waals surface area contributed by atoms with Gasteiger partial charge in [0.1, 0.15) is 5.15 Å². The number of aromatic nitrogens is 2. The molecule has 1 heterocycles. The maximum absolute atomic E-state index is 11.8. The van der Waals surface area contributed by atoms with Crippen molar-refractivity contribution < 1.29 is 4.74 Å². The zero-order chi connectivity index (χ0) is 12.1. The smallest absolute Gasteiger partial charge is 0.329 e.